The number of nitrogens with two attached hydrogens (primary N) is 1. The van der Waals surface area contributed by atoms with Gasteiger partial charge < -0.3 is 5.73 Å². The first-order chi connectivity index (χ1) is 5.27. The fourth-order valence-corrected chi connectivity index (χ4v) is 1.85. The summed E-state index contributed by atoms with van der Waals surface area (Å²) in [5, 5.41) is 0. The van der Waals surface area contributed by atoms with E-state index in [0.717, 1.165) is 0 Å². The number of hydrogen-bond acceptors (Lipinski definition) is 2. The number of anilines is 1. The van der Waals surface area contributed by atoms with Crippen molar-refractivity contribution in [2.75, 3.05) is 5.73 Å². The first kappa shape index (κ1) is 7.10. The lowest BCUT2D eigenvalue weighted by molar-refractivity contribution is 1.10. The molecular formula is C8H9BrN2. The topological polar surface area (TPSA) is 38.9 Å². The second kappa shape index (κ2) is 2.48. The molecule has 0 radical (unpaired) electrons. The molecule has 3 heteroatoms. The number of nitrogens with zero attached hydrogens (tertiary/aromatic N) is 1. The third-order valence-electron chi connectivity index (χ3n) is 1.95. The van der Waals surface area contributed by atoms with Crippen LogP contribution in [0.4, 0.5) is 5.82 Å². The van der Waals surface area contributed by atoms with E-state index in [9.17, 15) is 0 Å². The first-order valence-electron chi connectivity index (χ1n) is 3.63. The van der Waals surface area contributed by atoms with Gasteiger partial charge in [-0.3, -0.25) is 0 Å². The molecule has 58 valence electrons. The summed E-state index contributed by atoms with van der Waals surface area (Å²) in [5.74, 6) is 1.27. The van der Waals surface area contributed by atoms with E-state index in [1.54, 1.807) is 0 Å². The highest BCUT2D eigenvalue weighted by atomic mass is 79.9. The Hall–Kier alpha value is -0.570. The van der Waals surface area contributed by atoms with Gasteiger partial charge in [-0.15, -0.1) is 0 Å². The van der Waals surface area contributed by atoms with Crippen LogP contribution in [0.2, 0.25) is 0 Å². The lowest BCUT2D eigenvalue weighted by Gasteiger charge is -1.96. The Kier molecular flexibility index (Phi) is 1.60. The van der Waals surface area contributed by atoms with Crippen LogP contribution in [0, 0.1) is 0 Å². The molecule has 1 heterocycles. The molecule has 1 fully saturated rings. The summed E-state index contributed by atoms with van der Waals surface area (Å²) in [6.07, 6.45) is 3.09. The van der Waals surface area contributed by atoms with Gasteiger partial charge in [0.15, 0.2) is 0 Å². The molecule has 0 bridgehead atoms. The van der Waals surface area contributed by atoms with Crippen LogP contribution in [0.25, 0.3) is 0 Å². The average molecular weight is 213 g/mol. The Bertz CT molecular complexity index is 257. The van der Waals surface area contributed by atoms with Crippen molar-refractivity contribution in [2.24, 2.45) is 0 Å². The minimum Gasteiger partial charge on any atom is -0.384 e. The molecule has 0 saturated heterocycles. The van der Waals surface area contributed by atoms with Crippen molar-refractivity contribution in [1.29, 1.82) is 0 Å². The van der Waals surface area contributed by atoms with E-state index in [-0.39, 0.29) is 0 Å². The Morgan fingerprint density at radius 2 is 2.27 bits per heavy atom. The van der Waals surface area contributed by atoms with Gasteiger partial charge in [-0.25, -0.2) is 4.98 Å². The van der Waals surface area contributed by atoms with E-state index in [1.165, 1.54) is 12.0 Å². The maximum absolute atomic E-state index is 5.46. The molecule has 0 aromatic carbocycles. The van der Waals surface area contributed by atoms with Crippen LogP contribution in [0.1, 0.15) is 17.9 Å². The molecule has 1 aromatic rings. The van der Waals surface area contributed by atoms with Crippen molar-refractivity contribution in [3.05, 3.63) is 23.9 Å². The predicted molar refractivity (Wildman–Crippen MR) is 48.7 cm³/mol. The molecule has 1 aliphatic rings. The Morgan fingerprint density at radius 3 is 2.73 bits per heavy atom. The zero-order chi connectivity index (χ0) is 7.84. The van der Waals surface area contributed by atoms with Gasteiger partial charge in [-0.2, -0.15) is 0 Å². The quantitative estimate of drug-likeness (QED) is 0.723. The molecule has 2 atom stereocenters. The molecule has 11 heavy (non-hydrogen) atoms. The van der Waals surface area contributed by atoms with E-state index >= 15 is 0 Å². The van der Waals surface area contributed by atoms with Crippen LogP contribution < -0.4 is 5.73 Å². The third kappa shape index (κ3) is 1.38. The largest absolute Gasteiger partial charge is 0.384 e. The number of pyridine rings is 1. The molecular weight excluding hydrogens is 204 g/mol. The molecule has 2 nitrogen and oxygen atoms in total. The number of hydrogen-bond donors (Lipinski definition) is 1. The Balaban J connectivity index is 2.21. The van der Waals surface area contributed by atoms with E-state index in [4.69, 9.17) is 5.73 Å². The Morgan fingerprint density at radius 1 is 1.55 bits per heavy atom. The summed E-state index contributed by atoms with van der Waals surface area (Å²) in [4.78, 5) is 4.69. The van der Waals surface area contributed by atoms with Crippen LogP contribution >= 0.6 is 15.9 Å². The predicted octanol–water partition coefficient (Wildman–Crippen LogP) is 1.91. The van der Waals surface area contributed by atoms with Crippen LogP contribution in [-0.4, -0.2) is 9.81 Å². The lowest BCUT2D eigenvalue weighted by Crippen LogP contribution is -1.90. The van der Waals surface area contributed by atoms with Gasteiger partial charge in [0.1, 0.15) is 5.82 Å². The zero-order valence-electron chi connectivity index (χ0n) is 6.00. The van der Waals surface area contributed by atoms with E-state index in [2.05, 4.69) is 20.9 Å². The van der Waals surface area contributed by atoms with Gasteiger partial charge in [0, 0.05) is 11.0 Å². The highest BCUT2D eigenvalue weighted by Gasteiger charge is 2.35. The van der Waals surface area contributed by atoms with E-state index < -0.39 is 0 Å². The van der Waals surface area contributed by atoms with Crippen molar-refractivity contribution in [3.63, 3.8) is 0 Å². The molecule has 2 unspecified atom stereocenters. The fourth-order valence-electron chi connectivity index (χ4n) is 1.15. The van der Waals surface area contributed by atoms with Crippen molar-refractivity contribution in [3.8, 4) is 0 Å². The minimum atomic E-state index is 0.598. The van der Waals surface area contributed by atoms with Crippen LogP contribution in [0.15, 0.2) is 18.3 Å². The minimum absolute atomic E-state index is 0.598. The first-order valence-corrected chi connectivity index (χ1v) is 4.54. The SMILES string of the molecule is Nc1ccc(C2CC2Br)cn1. The van der Waals surface area contributed by atoms with Crippen molar-refractivity contribution in [1.82, 2.24) is 4.98 Å². The average Bonchev–Trinajstić information content (AvgIpc) is 2.69. The Labute approximate surface area is 73.9 Å². The molecule has 0 aliphatic heterocycles. The maximum atomic E-state index is 5.46. The second-order valence-electron chi connectivity index (χ2n) is 2.87. The van der Waals surface area contributed by atoms with Gasteiger partial charge in [0.2, 0.25) is 0 Å². The molecule has 1 aromatic heterocycles. The molecule has 0 spiro atoms. The van der Waals surface area contributed by atoms with Crippen LogP contribution in [0.5, 0.6) is 0 Å². The standard InChI is InChI=1S/C8H9BrN2/c9-7-3-6(7)5-1-2-8(10)11-4-5/h1-2,4,6-7H,3H2,(H2,10,11). The normalized spacial score (nSPS) is 28.5. The van der Waals surface area contributed by atoms with Gasteiger partial charge in [-0.05, 0) is 24.0 Å². The summed E-state index contributed by atoms with van der Waals surface area (Å²) in [7, 11) is 0. The van der Waals surface area contributed by atoms with E-state index in [0.29, 0.717) is 16.6 Å². The highest BCUT2D eigenvalue weighted by molar-refractivity contribution is 9.09. The number of alkyl halides is 1. The monoisotopic (exact) mass is 212 g/mol. The lowest BCUT2D eigenvalue weighted by atomic mass is 10.2. The number of rotatable bonds is 1. The van der Waals surface area contributed by atoms with Gasteiger partial charge in [-0.1, -0.05) is 22.0 Å². The molecule has 0 amide bonds. The third-order valence-corrected chi connectivity index (χ3v) is 2.96. The molecule has 2 rings (SSSR count). The fraction of sp³-hybridized carbons (Fsp3) is 0.375. The van der Waals surface area contributed by atoms with Gasteiger partial charge >= 0.3 is 0 Å². The second-order valence-corrected chi connectivity index (χ2v) is 4.05. The van der Waals surface area contributed by atoms with Gasteiger partial charge in [0.25, 0.3) is 0 Å². The maximum Gasteiger partial charge on any atom is 0.123 e. The van der Waals surface area contributed by atoms with E-state index in [1.807, 2.05) is 18.3 Å². The summed E-state index contributed by atoms with van der Waals surface area (Å²) in [6.45, 7) is 0. The number of halogens is 1. The summed E-state index contributed by atoms with van der Waals surface area (Å²) >= 11 is 3.54. The van der Waals surface area contributed by atoms with Crippen molar-refractivity contribution < 1.29 is 0 Å². The summed E-state index contributed by atoms with van der Waals surface area (Å²) < 4.78 is 0. The number of nitrogen functional groups attached to an aromatic ring is 1. The summed E-state index contributed by atoms with van der Waals surface area (Å²) in [6, 6.07) is 3.90. The molecule has 1 saturated carbocycles. The zero-order valence-corrected chi connectivity index (χ0v) is 7.58. The molecule has 1 aliphatic carbocycles. The van der Waals surface area contributed by atoms with Gasteiger partial charge in [0.05, 0.1) is 0 Å². The highest BCUT2D eigenvalue weighted by Crippen LogP contribution is 2.46. The smallest absolute Gasteiger partial charge is 0.123 e. The number of aromatic nitrogens is 1. The van der Waals surface area contributed by atoms with Crippen molar-refractivity contribution >= 4 is 21.7 Å². The summed E-state index contributed by atoms with van der Waals surface area (Å²) in [5.41, 5.74) is 6.75. The molecule has 2 N–H and O–H groups in total. The van der Waals surface area contributed by atoms with Crippen molar-refractivity contribution in [2.45, 2.75) is 17.2 Å². The van der Waals surface area contributed by atoms with Crippen LogP contribution in [0.3, 0.4) is 0 Å². The van der Waals surface area contributed by atoms with Crippen LogP contribution in [-0.2, 0) is 0 Å².